The van der Waals surface area contributed by atoms with Gasteiger partial charge in [-0.15, -0.1) is 0 Å². The Labute approximate surface area is 100 Å². The fourth-order valence-electron chi connectivity index (χ4n) is 1.91. The molecule has 2 unspecified atom stereocenters. The lowest BCUT2D eigenvalue weighted by molar-refractivity contribution is -0.136. The lowest BCUT2D eigenvalue weighted by Gasteiger charge is -2.24. The van der Waals surface area contributed by atoms with Crippen molar-refractivity contribution < 1.29 is 18.3 Å². The molecule has 0 aliphatic carbocycles. The zero-order valence-corrected chi connectivity index (χ0v) is 10.3. The van der Waals surface area contributed by atoms with E-state index in [1.807, 2.05) is 6.92 Å². The van der Waals surface area contributed by atoms with Crippen LogP contribution in [0.2, 0.25) is 0 Å². The highest BCUT2D eigenvalue weighted by Gasteiger charge is 2.35. The zero-order chi connectivity index (χ0) is 12.8. The Morgan fingerprint density at radius 1 is 1.53 bits per heavy atom. The molecule has 1 aliphatic heterocycles. The van der Waals surface area contributed by atoms with Gasteiger partial charge in [0, 0.05) is 13.1 Å². The summed E-state index contributed by atoms with van der Waals surface area (Å²) in [6.07, 6.45) is -1.53. The van der Waals surface area contributed by atoms with E-state index in [1.54, 1.807) is 0 Å². The number of nitrogens with one attached hydrogen (secondary N) is 1. The van der Waals surface area contributed by atoms with Crippen LogP contribution in [0.15, 0.2) is 0 Å². The van der Waals surface area contributed by atoms with Gasteiger partial charge in [-0.05, 0) is 13.0 Å². The summed E-state index contributed by atoms with van der Waals surface area (Å²) in [5.41, 5.74) is 0. The number of nitrogens with zero attached hydrogens (tertiary/aromatic N) is 1. The molecule has 1 rings (SSSR count). The van der Waals surface area contributed by atoms with Gasteiger partial charge in [0.2, 0.25) is 5.91 Å². The van der Waals surface area contributed by atoms with Crippen molar-refractivity contribution in [1.82, 2.24) is 10.2 Å². The maximum atomic E-state index is 12.2. The Morgan fingerprint density at radius 2 is 2.24 bits per heavy atom. The van der Waals surface area contributed by atoms with Crippen LogP contribution in [0.5, 0.6) is 0 Å². The van der Waals surface area contributed by atoms with Crippen molar-refractivity contribution in [1.29, 1.82) is 0 Å². The molecule has 0 aromatic heterocycles. The number of halogens is 2. The molecule has 100 valence electrons. The van der Waals surface area contributed by atoms with Gasteiger partial charge < -0.3 is 15.0 Å². The van der Waals surface area contributed by atoms with Crippen molar-refractivity contribution in [3.05, 3.63) is 0 Å². The first-order chi connectivity index (χ1) is 8.06. The summed E-state index contributed by atoms with van der Waals surface area (Å²) >= 11 is 0. The minimum absolute atomic E-state index is 0.0532. The molecule has 0 saturated carbocycles. The summed E-state index contributed by atoms with van der Waals surface area (Å²) in [5, 5.41) is 3.21. The van der Waals surface area contributed by atoms with Crippen molar-refractivity contribution in [3.8, 4) is 0 Å². The Bertz CT molecular complexity index is 252. The lowest BCUT2D eigenvalue weighted by Crippen LogP contribution is -2.45. The first-order valence-corrected chi connectivity index (χ1v) is 5.90. The summed E-state index contributed by atoms with van der Waals surface area (Å²) in [6, 6.07) is -0.0532. The normalized spacial score (nSPS) is 24.3. The highest BCUT2D eigenvalue weighted by Crippen LogP contribution is 2.16. The first kappa shape index (κ1) is 14.3. The molecule has 1 fully saturated rings. The van der Waals surface area contributed by atoms with E-state index in [9.17, 15) is 13.6 Å². The maximum Gasteiger partial charge on any atom is 0.255 e. The monoisotopic (exact) mass is 250 g/mol. The third kappa shape index (κ3) is 4.20. The fourth-order valence-corrected chi connectivity index (χ4v) is 1.91. The molecule has 2 atom stereocenters. The SMILES string of the molecule is CCCNC1COCC1C(=O)N(C)CC(F)F. The van der Waals surface area contributed by atoms with Crippen LogP contribution in [0, 0.1) is 5.92 Å². The number of hydrogen-bond acceptors (Lipinski definition) is 3. The van der Waals surface area contributed by atoms with Crippen molar-refractivity contribution >= 4 is 5.91 Å². The highest BCUT2D eigenvalue weighted by atomic mass is 19.3. The van der Waals surface area contributed by atoms with Crippen molar-refractivity contribution in [2.45, 2.75) is 25.8 Å². The van der Waals surface area contributed by atoms with Crippen LogP contribution in [0.3, 0.4) is 0 Å². The van der Waals surface area contributed by atoms with Crippen LogP contribution in [0.1, 0.15) is 13.3 Å². The molecule has 1 heterocycles. The summed E-state index contributed by atoms with van der Waals surface area (Å²) < 4.78 is 29.6. The lowest BCUT2D eigenvalue weighted by atomic mass is 10.0. The van der Waals surface area contributed by atoms with E-state index < -0.39 is 13.0 Å². The average Bonchev–Trinajstić information content (AvgIpc) is 2.72. The minimum Gasteiger partial charge on any atom is -0.379 e. The van der Waals surface area contributed by atoms with E-state index in [2.05, 4.69) is 5.32 Å². The molecule has 1 saturated heterocycles. The molecule has 1 aliphatic rings. The molecule has 0 aromatic rings. The molecule has 0 aromatic carbocycles. The zero-order valence-electron chi connectivity index (χ0n) is 10.3. The second-order valence-electron chi connectivity index (χ2n) is 4.31. The largest absolute Gasteiger partial charge is 0.379 e. The predicted octanol–water partition coefficient (Wildman–Crippen LogP) is 0.724. The summed E-state index contributed by atoms with van der Waals surface area (Å²) in [4.78, 5) is 13.0. The van der Waals surface area contributed by atoms with E-state index >= 15 is 0 Å². The number of hydrogen-bond donors (Lipinski definition) is 1. The molecule has 17 heavy (non-hydrogen) atoms. The number of rotatable bonds is 6. The van der Waals surface area contributed by atoms with Crippen LogP contribution in [0.25, 0.3) is 0 Å². The molecule has 0 bridgehead atoms. The highest BCUT2D eigenvalue weighted by molar-refractivity contribution is 5.79. The molecule has 0 radical (unpaired) electrons. The average molecular weight is 250 g/mol. The number of carbonyl (C=O) groups is 1. The van der Waals surface area contributed by atoms with E-state index in [-0.39, 0.29) is 17.9 Å². The van der Waals surface area contributed by atoms with E-state index in [1.165, 1.54) is 7.05 Å². The van der Waals surface area contributed by atoms with E-state index in [4.69, 9.17) is 4.74 Å². The quantitative estimate of drug-likeness (QED) is 0.755. The molecular weight excluding hydrogens is 230 g/mol. The van der Waals surface area contributed by atoms with Gasteiger partial charge >= 0.3 is 0 Å². The molecule has 6 heteroatoms. The van der Waals surface area contributed by atoms with Gasteiger partial charge in [0.05, 0.1) is 25.7 Å². The van der Waals surface area contributed by atoms with Gasteiger partial charge in [-0.3, -0.25) is 4.79 Å². The molecule has 4 nitrogen and oxygen atoms in total. The Hall–Kier alpha value is -0.750. The number of alkyl halides is 2. The van der Waals surface area contributed by atoms with Gasteiger partial charge in [0.1, 0.15) is 0 Å². The standard InChI is InChI=1S/C11H20F2N2O2/c1-3-4-14-9-7-17-6-8(9)11(16)15(2)5-10(12)13/h8-10,14H,3-7H2,1-2H3. The van der Waals surface area contributed by atoms with Crippen molar-refractivity contribution in [2.24, 2.45) is 5.92 Å². The summed E-state index contributed by atoms with van der Waals surface area (Å²) in [7, 11) is 1.41. The fraction of sp³-hybridized carbons (Fsp3) is 0.909. The van der Waals surface area contributed by atoms with Crippen LogP contribution >= 0.6 is 0 Å². The van der Waals surface area contributed by atoms with Crippen LogP contribution < -0.4 is 5.32 Å². The second kappa shape index (κ2) is 6.86. The molecular formula is C11H20F2N2O2. The van der Waals surface area contributed by atoms with E-state index in [0.717, 1.165) is 17.9 Å². The third-order valence-corrected chi connectivity index (χ3v) is 2.84. The number of amides is 1. The topological polar surface area (TPSA) is 41.6 Å². The van der Waals surface area contributed by atoms with Crippen LogP contribution in [0.4, 0.5) is 8.78 Å². The maximum absolute atomic E-state index is 12.2. The third-order valence-electron chi connectivity index (χ3n) is 2.84. The van der Waals surface area contributed by atoms with Gasteiger partial charge in [0.25, 0.3) is 6.43 Å². The van der Waals surface area contributed by atoms with Crippen LogP contribution in [-0.4, -0.2) is 56.6 Å². The van der Waals surface area contributed by atoms with Crippen molar-refractivity contribution in [3.63, 3.8) is 0 Å². The molecule has 1 N–H and O–H groups in total. The van der Waals surface area contributed by atoms with Gasteiger partial charge in [0.15, 0.2) is 0 Å². The second-order valence-corrected chi connectivity index (χ2v) is 4.31. The summed E-state index contributed by atoms with van der Waals surface area (Å²) in [5.74, 6) is -0.610. The Balaban J connectivity index is 2.48. The number of carbonyl (C=O) groups excluding carboxylic acids is 1. The Morgan fingerprint density at radius 3 is 2.82 bits per heavy atom. The van der Waals surface area contributed by atoms with Gasteiger partial charge in [-0.25, -0.2) is 8.78 Å². The van der Waals surface area contributed by atoms with Gasteiger partial charge in [-0.1, -0.05) is 6.92 Å². The van der Waals surface area contributed by atoms with Crippen LogP contribution in [-0.2, 0) is 9.53 Å². The smallest absolute Gasteiger partial charge is 0.255 e. The first-order valence-electron chi connectivity index (χ1n) is 5.90. The molecule has 0 spiro atoms. The summed E-state index contributed by atoms with van der Waals surface area (Å²) in [6.45, 7) is 3.10. The number of ether oxygens (including phenoxy) is 1. The molecule has 1 amide bonds. The predicted molar refractivity (Wildman–Crippen MR) is 60.0 cm³/mol. The van der Waals surface area contributed by atoms with Crippen molar-refractivity contribution in [2.75, 3.05) is 33.4 Å². The Kier molecular flexibility index (Phi) is 5.77. The van der Waals surface area contributed by atoms with Gasteiger partial charge in [-0.2, -0.15) is 0 Å². The minimum atomic E-state index is -2.49. The van der Waals surface area contributed by atoms with E-state index in [0.29, 0.717) is 13.2 Å².